The van der Waals surface area contributed by atoms with Crippen LogP contribution in [0.15, 0.2) is 23.1 Å². The maximum atomic E-state index is 12.8. The molecule has 0 amide bonds. The summed E-state index contributed by atoms with van der Waals surface area (Å²) in [6.45, 7) is 4.02. The monoisotopic (exact) mass is 313 g/mol. The smallest absolute Gasteiger partial charge is 0.270 e. The van der Waals surface area contributed by atoms with Gasteiger partial charge in [0.1, 0.15) is 0 Å². The number of nitrogens with one attached hydrogen (secondary N) is 1. The Kier molecular flexibility index (Phi) is 4.92. The van der Waals surface area contributed by atoms with Crippen LogP contribution in [0.3, 0.4) is 0 Å². The summed E-state index contributed by atoms with van der Waals surface area (Å²) in [6.07, 6.45) is 1.24. The van der Waals surface area contributed by atoms with Gasteiger partial charge in [0, 0.05) is 31.8 Å². The van der Waals surface area contributed by atoms with Crippen LogP contribution in [0.2, 0.25) is 0 Å². The molecule has 1 fully saturated rings. The summed E-state index contributed by atoms with van der Waals surface area (Å²) in [7, 11) is -3.70. The predicted molar refractivity (Wildman–Crippen MR) is 78.7 cm³/mol. The first-order valence-electron chi connectivity index (χ1n) is 6.95. The van der Waals surface area contributed by atoms with Gasteiger partial charge in [-0.1, -0.05) is 13.0 Å². The average Bonchev–Trinajstić information content (AvgIpc) is 2.76. The number of sulfonamides is 1. The second kappa shape index (κ2) is 6.50. The number of hydrogen-bond acceptors (Lipinski definition) is 5. The molecule has 0 atom stereocenters. The van der Waals surface area contributed by atoms with Gasteiger partial charge in [-0.25, -0.2) is 8.42 Å². The van der Waals surface area contributed by atoms with Crippen molar-refractivity contribution in [1.82, 2.24) is 9.62 Å². The van der Waals surface area contributed by atoms with Crippen molar-refractivity contribution in [3.63, 3.8) is 0 Å². The van der Waals surface area contributed by atoms with Gasteiger partial charge in [0.05, 0.1) is 9.82 Å². The highest BCUT2D eigenvalue weighted by molar-refractivity contribution is 7.89. The van der Waals surface area contributed by atoms with Crippen LogP contribution in [-0.4, -0.2) is 43.8 Å². The Morgan fingerprint density at radius 2 is 2.10 bits per heavy atom. The topological polar surface area (TPSA) is 92.5 Å². The van der Waals surface area contributed by atoms with E-state index in [2.05, 4.69) is 5.32 Å². The van der Waals surface area contributed by atoms with E-state index in [1.54, 1.807) is 0 Å². The van der Waals surface area contributed by atoms with Crippen LogP contribution in [0.4, 0.5) is 5.69 Å². The lowest BCUT2D eigenvalue weighted by atomic mass is 10.1. The summed E-state index contributed by atoms with van der Waals surface area (Å²) >= 11 is 0. The van der Waals surface area contributed by atoms with E-state index < -0.39 is 14.9 Å². The largest absolute Gasteiger partial charge is 0.315 e. The Bertz CT molecular complexity index is 622. The molecule has 116 valence electrons. The van der Waals surface area contributed by atoms with E-state index in [9.17, 15) is 18.5 Å². The minimum absolute atomic E-state index is 0.0566. The Balaban J connectivity index is 2.46. The van der Waals surface area contributed by atoms with Crippen LogP contribution in [0.25, 0.3) is 0 Å². The lowest BCUT2D eigenvalue weighted by molar-refractivity contribution is -0.385. The van der Waals surface area contributed by atoms with E-state index in [0.717, 1.165) is 13.0 Å². The molecule has 1 aromatic rings. The second-order valence-electron chi connectivity index (χ2n) is 4.91. The summed E-state index contributed by atoms with van der Waals surface area (Å²) in [5.74, 6) is 0. The molecule has 1 N–H and O–H groups in total. The highest BCUT2D eigenvalue weighted by Gasteiger charge is 2.28. The number of non-ortho nitro benzene ring substituents is 1. The van der Waals surface area contributed by atoms with Crippen molar-refractivity contribution < 1.29 is 13.3 Å². The first-order chi connectivity index (χ1) is 9.96. The van der Waals surface area contributed by atoms with Crippen LogP contribution in [0.5, 0.6) is 0 Å². The van der Waals surface area contributed by atoms with Crippen LogP contribution < -0.4 is 5.32 Å². The van der Waals surface area contributed by atoms with E-state index in [1.165, 1.54) is 22.5 Å². The Morgan fingerprint density at radius 3 is 2.76 bits per heavy atom. The van der Waals surface area contributed by atoms with Crippen molar-refractivity contribution in [3.05, 3.63) is 33.9 Å². The van der Waals surface area contributed by atoms with Gasteiger partial charge in [-0.2, -0.15) is 4.31 Å². The van der Waals surface area contributed by atoms with Gasteiger partial charge < -0.3 is 5.32 Å². The van der Waals surface area contributed by atoms with Gasteiger partial charge in [-0.05, 0) is 24.9 Å². The molecule has 0 radical (unpaired) electrons. The third kappa shape index (κ3) is 3.39. The first-order valence-corrected chi connectivity index (χ1v) is 8.39. The highest BCUT2D eigenvalue weighted by Crippen LogP contribution is 2.26. The molecule has 8 heteroatoms. The molecule has 0 unspecified atom stereocenters. The van der Waals surface area contributed by atoms with Crippen molar-refractivity contribution in [3.8, 4) is 0 Å². The zero-order valence-corrected chi connectivity index (χ0v) is 12.7. The molecule has 2 rings (SSSR count). The fourth-order valence-corrected chi connectivity index (χ4v) is 4.18. The summed E-state index contributed by atoms with van der Waals surface area (Å²) in [5.41, 5.74) is 0.413. The molecular formula is C13H19N3O4S. The number of aryl methyl sites for hydroxylation is 1. The Labute approximate surface area is 124 Å². The lowest BCUT2D eigenvalue weighted by Crippen LogP contribution is -2.34. The fraction of sp³-hybridized carbons (Fsp3) is 0.538. The molecule has 1 aliphatic heterocycles. The van der Waals surface area contributed by atoms with Gasteiger partial charge in [0.15, 0.2) is 0 Å². The highest BCUT2D eigenvalue weighted by atomic mass is 32.2. The molecule has 1 aliphatic rings. The number of rotatable bonds is 4. The van der Waals surface area contributed by atoms with Gasteiger partial charge in [-0.3, -0.25) is 10.1 Å². The Hall–Kier alpha value is -1.51. The molecule has 1 aromatic carbocycles. The quantitative estimate of drug-likeness (QED) is 0.664. The van der Waals surface area contributed by atoms with E-state index in [4.69, 9.17) is 0 Å². The lowest BCUT2D eigenvalue weighted by Gasteiger charge is -2.21. The number of nitro groups is 1. The molecular weight excluding hydrogens is 294 g/mol. The van der Waals surface area contributed by atoms with Crippen LogP contribution in [0, 0.1) is 10.1 Å². The van der Waals surface area contributed by atoms with Gasteiger partial charge in [-0.15, -0.1) is 0 Å². The van der Waals surface area contributed by atoms with Crippen molar-refractivity contribution in [2.45, 2.75) is 24.7 Å². The molecule has 0 aliphatic carbocycles. The predicted octanol–water partition coefficient (Wildman–Crippen LogP) is 1.14. The van der Waals surface area contributed by atoms with E-state index in [-0.39, 0.29) is 10.6 Å². The zero-order valence-electron chi connectivity index (χ0n) is 11.9. The maximum Gasteiger partial charge on any atom is 0.270 e. The normalized spacial score (nSPS) is 17.4. The van der Waals surface area contributed by atoms with E-state index in [1.807, 2.05) is 6.92 Å². The summed E-state index contributed by atoms with van der Waals surface area (Å²) in [4.78, 5) is 10.4. The summed E-state index contributed by atoms with van der Waals surface area (Å²) in [5, 5.41) is 14.0. The molecule has 0 spiro atoms. The van der Waals surface area contributed by atoms with Gasteiger partial charge in [0.2, 0.25) is 10.0 Å². The average molecular weight is 313 g/mol. The number of benzene rings is 1. The Morgan fingerprint density at radius 1 is 1.33 bits per heavy atom. The molecule has 0 saturated carbocycles. The molecule has 0 aromatic heterocycles. The van der Waals surface area contributed by atoms with Crippen molar-refractivity contribution in [2.24, 2.45) is 0 Å². The molecule has 21 heavy (non-hydrogen) atoms. The fourth-order valence-electron chi connectivity index (χ4n) is 2.39. The first kappa shape index (κ1) is 15.9. The molecule has 1 heterocycles. The van der Waals surface area contributed by atoms with Gasteiger partial charge >= 0.3 is 0 Å². The van der Waals surface area contributed by atoms with Gasteiger partial charge in [0.25, 0.3) is 5.69 Å². The van der Waals surface area contributed by atoms with Crippen molar-refractivity contribution >= 4 is 15.7 Å². The third-order valence-electron chi connectivity index (χ3n) is 3.56. The third-order valence-corrected chi connectivity index (χ3v) is 5.54. The van der Waals surface area contributed by atoms with E-state index >= 15 is 0 Å². The van der Waals surface area contributed by atoms with Crippen molar-refractivity contribution in [2.75, 3.05) is 26.2 Å². The van der Waals surface area contributed by atoms with Crippen LogP contribution in [-0.2, 0) is 16.4 Å². The van der Waals surface area contributed by atoms with Crippen LogP contribution in [0.1, 0.15) is 18.9 Å². The number of nitrogens with zero attached hydrogens (tertiary/aromatic N) is 2. The number of nitro benzene ring substituents is 1. The summed E-state index contributed by atoms with van der Waals surface area (Å²) in [6, 6.07) is 4.05. The molecule has 1 saturated heterocycles. The molecule has 7 nitrogen and oxygen atoms in total. The summed E-state index contributed by atoms with van der Waals surface area (Å²) < 4.78 is 26.9. The SMILES string of the molecule is CCc1ccc([N+](=O)[O-])cc1S(=O)(=O)N1CCCNCC1. The zero-order chi connectivity index (χ0) is 15.5. The standard InChI is InChI=1S/C13H19N3O4S/c1-2-11-4-5-12(16(17)18)10-13(11)21(19,20)15-8-3-6-14-7-9-15/h4-5,10,14H,2-3,6-9H2,1H3. The minimum Gasteiger partial charge on any atom is -0.315 e. The molecule has 0 bridgehead atoms. The number of hydrogen-bond donors (Lipinski definition) is 1. The van der Waals surface area contributed by atoms with Crippen molar-refractivity contribution in [1.29, 1.82) is 0 Å². The maximum absolute atomic E-state index is 12.8. The second-order valence-corrected chi connectivity index (χ2v) is 6.82. The van der Waals surface area contributed by atoms with Crippen LogP contribution >= 0.6 is 0 Å². The minimum atomic E-state index is -3.70. The van der Waals surface area contributed by atoms with E-state index in [0.29, 0.717) is 31.6 Å².